The fourth-order valence-electron chi connectivity index (χ4n) is 1.53. The number of carbonyl (C=O) groups is 1. The van der Waals surface area contributed by atoms with E-state index in [4.69, 9.17) is 19.8 Å². The molecule has 0 bridgehead atoms. The molecule has 0 aliphatic heterocycles. The van der Waals surface area contributed by atoms with Gasteiger partial charge in [-0.25, -0.2) is 4.98 Å². The molecule has 1 amide bonds. The molecule has 0 atom stereocenters. The van der Waals surface area contributed by atoms with Crippen molar-refractivity contribution in [3.8, 4) is 5.75 Å². The third-order valence-corrected chi connectivity index (χ3v) is 5.39. The SMILES string of the molecule is CC(=O)Nc1c(O)cccc1[As](=O)(O)O.ClCCc1cscn1. The van der Waals surface area contributed by atoms with Crippen LogP contribution in [0.2, 0.25) is 0 Å². The van der Waals surface area contributed by atoms with Crippen molar-refractivity contribution >= 4 is 53.1 Å². The Morgan fingerprint density at radius 2 is 2.13 bits per heavy atom. The summed E-state index contributed by atoms with van der Waals surface area (Å²) in [5, 5.41) is 13.6. The number of phenols is 1. The Morgan fingerprint density at radius 1 is 1.43 bits per heavy atom. The number of hydrogen-bond acceptors (Lipinski definition) is 5. The van der Waals surface area contributed by atoms with Crippen molar-refractivity contribution in [3.63, 3.8) is 0 Å². The third kappa shape index (κ3) is 6.76. The van der Waals surface area contributed by atoms with Gasteiger partial charge in [-0.3, -0.25) is 0 Å². The summed E-state index contributed by atoms with van der Waals surface area (Å²) in [6.45, 7) is 1.18. The van der Waals surface area contributed by atoms with Gasteiger partial charge in [0.15, 0.2) is 0 Å². The minimum atomic E-state index is -5.14. The zero-order chi connectivity index (χ0) is 17.5. The van der Waals surface area contributed by atoms with Crippen LogP contribution in [-0.4, -0.2) is 44.2 Å². The summed E-state index contributed by atoms with van der Waals surface area (Å²) in [5.41, 5.74) is 2.70. The van der Waals surface area contributed by atoms with E-state index >= 15 is 0 Å². The van der Waals surface area contributed by atoms with E-state index in [9.17, 15) is 13.6 Å². The molecule has 126 valence electrons. The normalized spacial score (nSPS) is 10.6. The summed E-state index contributed by atoms with van der Waals surface area (Å²) >= 11 is 1.93. The van der Waals surface area contributed by atoms with Crippen molar-refractivity contribution in [3.05, 3.63) is 34.8 Å². The largest absolute Gasteiger partial charge is 0.250 e. The van der Waals surface area contributed by atoms with Crippen LogP contribution >= 0.6 is 22.9 Å². The van der Waals surface area contributed by atoms with Crippen molar-refractivity contribution in [1.29, 1.82) is 0 Å². The quantitative estimate of drug-likeness (QED) is 0.329. The Kier molecular flexibility index (Phi) is 7.81. The minimum Gasteiger partial charge on any atom is -0.250 e. The van der Waals surface area contributed by atoms with Gasteiger partial charge in [-0.05, 0) is 0 Å². The molecule has 0 unspecified atom stereocenters. The van der Waals surface area contributed by atoms with Crippen LogP contribution in [0.5, 0.6) is 5.75 Å². The number of para-hydroxylation sites is 1. The summed E-state index contributed by atoms with van der Waals surface area (Å²) in [6.07, 6.45) is 0.894. The molecule has 0 aliphatic rings. The van der Waals surface area contributed by atoms with Crippen LogP contribution in [0.25, 0.3) is 0 Å². The number of aryl methyl sites for hydroxylation is 1. The molecule has 0 saturated heterocycles. The second-order valence-electron chi connectivity index (χ2n) is 4.32. The standard InChI is InChI=1S/C8H10AsNO5.C5H6ClNS/c1-5(11)10-8-6(9(13,14)15)3-2-4-7(8)12;6-2-1-5-3-8-4-7-5/h2-4,12H,1H3,(H,10,11)(H2,13,14,15);3-4H,1-2H2. The number of nitrogens with zero attached hydrogens (tertiary/aromatic N) is 1. The van der Waals surface area contributed by atoms with E-state index < -0.39 is 20.1 Å². The molecule has 0 saturated carbocycles. The molecule has 1 aromatic carbocycles. The van der Waals surface area contributed by atoms with E-state index in [1.807, 2.05) is 10.9 Å². The zero-order valence-electron chi connectivity index (χ0n) is 12.1. The molecule has 7 nitrogen and oxygen atoms in total. The minimum absolute atomic E-state index is 0.225. The van der Waals surface area contributed by atoms with E-state index in [0.29, 0.717) is 5.88 Å². The molecular formula is C13H16AsClN2O5S. The van der Waals surface area contributed by atoms with Crippen LogP contribution in [0.1, 0.15) is 12.6 Å². The molecular weight excluding hydrogens is 407 g/mol. The maximum Gasteiger partial charge on any atom is 0.0794 e. The fourth-order valence-corrected chi connectivity index (χ4v) is 3.88. The van der Waals surface area contributed by atoms with E-state index in [1.165, 1.54) is 25.1 Å². The maximum atomic E-state index is 11.1. The van der Waals surface area contributed by atoms with Gasteiger partial charge in [0.05, 0.1) is 11.2 Å². The van der Waals surface area contributed by atoms with E-state index in [0.717, 1.165) is 12.1 Å². The molecule has 2 rings (SSSR count). The Hall–Kier alpha value is -1.31. The van der Waals surface area contributed by atoms with Gasteiger partial charge in [-0.15, -0.1) is 22.9 Å². The molecule has 4 N–H and O–H groups in total. The van der Waals surface area contributed by atoms with Crippen molar-refractivity contribution < 1.29 is 21.8 Å². The number of aromatic nitrogens is 1. The number of hydrogen-bond donors (Lipinski definition) is 4. The number of benzene rings is 1. The fraction of sp³-hybridized carbons (Fsp3) is 0.231. The number of carbonyl (C=O) groups excluding carboxylic acids is 1. The number of aromatic hydroxyl groups is 1. The summed E-state index contributed by atoms with van der Waals surface area (Å²) in [4.78, 5) is 14.8. The molecule has 2 aromatic rings. The number of rotatable bonds is 4. The van der Waals surface area contributed by atoms with Crippen LogP contribution in [0.3, 0.4) is 0 Å². The number of halogens is 1. The van der Waals surface area contributed by atoms with Crippen LogP contribution in [0.4, 0.5) is 5.69 Å². The predicted molar refractivity (Wildman–Crippen MR) is 89.5 cm³/mol. The molecule has 1 heterocycles. The zero-order valence-corrected chi connectivity index (χ0v) is 15.6. The van der Waals surface area contributed by atoms with Gasteiger partial charge in [0, 0.05) is 17.7 Å². The van der Waals surface area contributed by atoms with Gasteiger partial charge < -0.3 is 0 Å². The van der Waals surface area contributed by atoms with E-state index in [1.54, 1.807) is 11.3 Å². The molecule has 0 radical (unpaired) electrons. The summed E-state index contributed by atoms with van der Waals surface area (Å²) < 4.78 is 28.8. The second kappa shape index (κ2) is 9.10. The Bertz CT molecular complexity index is 690. The first-order valence-corrected chi connectivity index (χ1v) is 11.2. The number of phenolic OH excluding ortho intramolecular Hbond substituents is 1. The monoisotopic (exact) mass is 422 g/mol. The van der Waals surface area contributed by atoms with Crippen molar-refractivity contribution in [2.45, 2.75) is 13.3 Å². The Morgan fingerprint density at radius 3 is 2.61 bits per heavy atom. The molecule has 0 fully saturated rings. The third-order valence-electron chi connectivity index (χ3n) is 2.47. The summed E-state index contributed by atoms with van der Waals surface area (Å²) in [7, 11) is 0. The van der Waals surface area contributed by atoms with Crippen LogP contribution < -0.4 is 9.67 Å². The van der Waals surface area contributed by atoms with Gasteiger partial charge in [0.1, 0.15) is 0 Å². The first-order chi connectivity index (χ1) is 10.8. The predicted octanol–water partition coefficient (Wildman–Crippen LogP) is 0.836. The molecule has 10 heteroatoms. The van der Waals surface area contributed by atoms with Gasteiger partial charge >= 0.3 is 88.1 Å². The van der Waals surface area contributed by atoms with Gasteiger partial charge in [0.25, 0.3) is 0 Å². The van der Waals surface area contributed by atoms with Gasteiger partial charge in [-0.2, -0.15) is 0 Å². The number of alkyl halides is 1. The van der Waals surface area contributed by atoms with Crippen molar-refractivity contribution in [2.75, 3.05) is 11.2 Å². The van der Waals surface area contributed by atoms with Gasteiger partial charge in [-0.1, -0.05) is 0 Å². The van der Waals surface area contributed by atoms with Crippen LogP contribution in [-0.2, 0) is 15.0 Å². The molecule has 23 heavy (non-hydrogen) atoms. The topological polar surface area (TPSA) is 120 Å². The van der Waals surface area contributed by atoms with Gasteiger partial charge in [0.2, 0.25) is 0 Å². The average molecular weight is 423 g/mol. The molecule has 1 aromatic heterocycles. The van der Waals surface area contributed by atoms with Crippen molar-refractivity contribution in [1.82, 2.24) is 4.98 Å². The number of nitrogens with one attached hydrogen (secondary N) is 1. The van der Waals surface area contributed by atoms with Crippen LogP contribution in [0, 0.1) is 0 Å². The van der Waals surface area contributed by atoms with E-state index in [-0.39, 0.29) is 15.8 Å². The Labute approximate surface area is 145 Å². The average Bonchev–Trinajstić information content (AvgIpc) is 2.93. The molecule has 0 aliphatic carbocycles. The number of amides is 1. The first kappa shape index (κ1) is 19.7. The van der Waals surface area contributed by atoms with E-state index in [2.05, 4.69) is 10.3 Å². The summed E-state index contributed by atoms with van der Waals surface area (Å²) in [5.74, 6) is -0.210. The maximum absolute atomic E-state index is 11.1. The summed E-state index contributed by atoms with van der Waals surface area (Å²) in [6, 6.07) is 3.71. The smallest absolute Gasteiger partial charge is 0.0794 e. The first-order valence-electron chi connectivity index (χ1n) is 6.34. The second-order valence-corrected chi connectivity index (χ2v) is 8.71. The molecule has 0 spiro atoms. The van der Waals surface area contributed by atoms with Crippen molar-refractivity contribution in [2.24, 2.45) is 0 Å². The number of anilines is 1. The number of thiazole rings is 1. The van der Waals surface area contributed by atoms with Crippen LogP contribution in [0.15, 0.2) is 29.1 Å². The Balaban J connectivity index is 0.000000277.